The van der Waals surface area contributed by atoms with Gasteiger partial charge in [0.1, 0.15) is 5.56 Å². The van der Waals surface area contributed by atoms with Crippen LogP contribution in [0.1, 0.15) is 34.5 Å². The molecule has 3 aromatic rings. The van der Waals surface area contributed by atoms with Gasteiger partial charge in [0, 0.05) is 37.2 Å². The van der Waals surface area contributed by atoms with E-state index in [2.05, 4.69) is 21.3 Å². The highest BCUT2D eigenvalue weighted by Gasteiger charge is 2.37. The molecule has 1 aliphatic rings. The molecule has 1 fully saturated rings. The van der Waals surface area contributed by atoms with Crippen LogP contribution < -0.4 is 21.7 Å². The summed E-state index contributed by atoms with van der Waals surface area (Å²) in [6, 6.07) is 12.0. The van der Waals surface area contributed by atoms with E-state index in [0.717, 1.165) is 48.6 Å². The predicted octanol–water partition coefficient (Wildman–Crippen LogP) is 2.69. The summed E-state index contributed by atoms with van der Waals surface area (Å²) in [5, 5.41) is 7.95. The van der Waals surface area contributed by atoms with Crippen molar-refractivity contribution in [2.45, 2.75) is 32.2 Å². The number of nitrogens with two attached hydrogens (primary N) is 2. The first-order valence-electron chi connectivity index (χ1n) is 10.5. The molecule has 8 nitrogen and oxygen atoms in total. The number of amides is 1. The molecule has 162 valence electrons. The Hall–Kier alpha value is -3.39. The molecule has 0 radical (unpaired) electrons. The SMILES string of the molecule is Cc1ccc(Nc2nn(C3(CN)CCN(c4ccc(C)nc4)CC3)cc2C(N)=O)cc1. The Morgan fingerprint density at radius 1 is 1.13 bits per heavy atom. The third-order valence-corrected chi connectivity index (χ3v) is 6.12. The van der Waals surface area contributed by atoms with Crippen molar-refractivity contribution in [1.82, 2.24) is 14.8 Å². The van der Waals surface area contributed by atoms with E-state index in [-0.39, 0.29) is 5.54 Å². The Morgan fingerprint density at radius 3 is 2.42 bits per heavy atom. The van der Waals surface area contributed by atoms with Gasteiger partial charge in [-0.2, -0.15) is 5.10 Å². The van der Waals surface area contributed by atoms with Crippen molar-refractivity contribution in [3.8, 4) is 0 Å². The molecular weight excluding hydrogens is 390 g/mol. The molecule has 0 spiro atoms. The number of rotatable bonds is 6. The van der Waals surface area contributed by atoms with Gasteiger partial charge in [0.05, 0.1) is 17.4 Å². The second-order valence-electron chi connectivity index (χ2n) is 8.26. The smallest absolute Gasteiger partial charge is 0.254 e. The fraction of sp³-hybridized carbons (Fsp3) is 0.348. The second-order valence-corrected chi connectivity index (χ2v) is 8.26. The highest BCUT2D eigenvalue weighted by Crippen LogP contribution is 2.33. The highest BCUT2D eigenvalue weighted by molar-refractivity contribution is 5.98. The van der Waals surface area contributed by atoms with Crippen LogP contribution in [0.4, 0.5) is 17.2 Å². The maximum atomic E-state index is 12.1. The number of nitrogens with zero attached hydrogens (tertiary/aromatic N) is 4. The fourth-order valence-electron chi connectivity index (χ4n) is 4.02. The topological polar surface area (TPSA) is 115 Å². The van der Waals surface area contributed by atoms with Crippen LogP contribution in [-0.4, -0.2) is 40.3 Å². The van der Waals surface area contributed by atoms with Crippen molar-refractivity contribution in [3.63, 3.8) is 0 Å². The number of anilines is 3. The van der Waals surface area contributed by atoms with Crippen LogP contribution >= 0.6 is 0 Å². The Balaban J connectivity index is 1.57. The van der Waals surface area contributed by atoms with Gasteiger partial charge < -0.3 is 21.7 Å². The lowest BCUT2D eigenvalue weighted by atomic mass is 9.87. The normalized spacial score (nSPS) is 15.6. The Labute approximate surface area is 182 Å². The van der Waals surface area contributed by atoms with Gasteiger partial charge in [-0.25, -0.2) is 0 Å². The summed E-state index contributed by atoms with van der Waals surface area (Å²) in [6.07, 6.45) is 5.25. The minimum atomic E-state index is -0.517. The third-order valence-electron chi connectivity index (χ3n) is 6.12. The lowest BCUT2D eigenvalue weighted by Gasteiger charge is -2.42. The molecule has 1 amide bonds. The summed E-state index contributed by atoms with van der Waals surface area (Å²) in [4.78, 5) is 18.8. The minimum absolute atomic E-state index is 0.360. The summed E-state index contributed by atoms with van der Waals surface area (Å²) in [5.41, 5.74) is 16.0. The first kappa shape index (κ1) is 20.9. The minimum Gasteiger partial charge on any atom is -0.370 e. The van der Waals surface area contributed by atoms with Gasteiger partial charge in [-0.15, -0.1) is 0 Å². The Kier molecular flexibility index (Phi) is 5.65. The largest absolute Gasteiger partial charge is 0.370 e. The molecule has 1 aromatic carbocycles. The zero-order chi connectivity index (χ0) is 22.0. The van der Waals surface area contributed by atoms with Crippen molar-refractivity contribution >= 4 is 23.1 Å². The fourth-order valence-corrected chi connectivity index (χ4v) is 4.02. The molecule has 1 saturated heterocycles. The van der Waals surface area contributed by atoms with Crippen LogP contribution in [0.15, 0.2) is 48.8 Å². The van der Waals surface area contributed by atoms with Crippen molar-refractivity contribution < 1.29 is 4.79 Å². The number of piperidine rings is 1. The van der Waals surface area contributed by atoms with Gasteiger partial charge in [0.25, 0.3) is 5.91 Å². The number of hydrogen-bond donors (Lipinski definition) is 3. The third kappa shape index (κ3) is 4.25. The zero-order valence-corrected chi connectivity index (χ0v) is 18.0. The van der Waals surface area contributed by atoms with E-state index in [1.54, 1.807) is 6.20 Å². The van der Waals surface area contributed by atoms with Gasteiger partial charge in [-0.05, 0) is 51.0 Å². The molecular formula is C23H29N7O. The molecule has 8 heteroatoms. The monoisotopic (exact) mass is 419 g/mol. The number of carbonyl (C=O) groups is 1. The van der Waals surface area contributed by atoms with Gasteiger partial charge in [-0.3, -0.25) is 14.5 Å². The van der Waals surface area contributed by atoms with Crippen LogP contribution in [0, 0.1) is 13.8 Å². The molecule has 31 heavy (non-hydrogen) atoms. The van der Waals surface area contributed by atoms with Crippen LogP contribution in [0.3, 0.4) is 0 Å². The molecule has 4 rings (SSSR count). The summed E-state index contributed by atoms with van der Waals surface area (Å²) in [5.74, 6) is -0.0643. The number of nitrogens with one attached hydrogen (secondary N) is 1. The number of primary amides is 1. The van der Waals surface area contributed by atoms with Crippen molar-refractivity contribution in [3.05, 3.63) is 65.6 Å². The molecule has 0 atom stereocenters. The van der Waals surface area contributed by atoms with E-state index in [4.69, 9.17) is 16.6 Å². The average molecular weight is 420 g/mol. The number of carbonyl (C=O) groups excluding carboxylic acids is 1. The van der Waals surface area contributed by atoms with Crippen molar-refractivity contribution in [1.29, 1.82) is 0 Å². The summed E-state index contributed by atoms with van der Waals surface area (Å²) in [6.45, 7) is 6.09. The number of hydrogen-bond acceptors (Lipinski definition) is 6. The Morgan fingerprint density at radius 2 is 1.84 bits per heavy atom. The molecule has 0 saturated carbocycles. The first-order chi connectivity index (χ1) is 14.9. The summed E-state index contributed by atoms with van der Waals surface area (Å²) < 4.78 is 1.84. The predicted molar refractivity (Wildman–Crippen MR) is 123 cm³/mol. The number of aryl methyl sites for hydroxylation is 2. The molecule has 0 bridgehead atoms. The van der Waals surface area contributed by atoms with Crippen LogP contribution in [0.2, 0.25) is 0 Å². The van der Waals surface area contributed by atoms with E-state index in [1.165, 1.54) is 0 Å². The summed E-state index contributed by atoms with van der Waals surface area (Å²) in [7, 11) is 0. The number of aromatic nitrogens is 3. The summed E-state index contributed by atoms with van der Waals surface area (Å²) >= 11 is 0. The maximum Gasteiger partial charge on any atom is 0.254 e. The molecule has 3 heterocycles. The van der Waals surface area contributed by atoms with Gasteiger partial charge >= 0.3 is 0 Å². The lowest BCUT2D eigenvalue weighted by Crippen LogP contribution is -2.50. The molecule has 5 N–H and O–H groups in total. The lowest BCUT2D eigenvalue weighted by molar-refractivity contribution is 0.100. The van der Waals surface area contributed by atoms with Gasteiger partial charge in [0.2, 0.25) is 0 Å². The van der Waals surface area contributed by atoms with E-state index < -0.39 is 5.91 Å². The molecule has 0 aliphatic carbocycles. The maximum absolute atomic E-state index is 12.1. The molecule has 1 aliphatic heterocycles. The van der Waals surface area contributed by atoms with Gasteiger partial charge in [0.15, 0.2) is 5.82 Å². The average Bonchev–Trinajstić information content (AvgIpc) is 3.21. The van der Waals surface area contributed by atoms with E-state index >= 15 is 0 Å². The Bertz CT molecular complexity index is 1050. The zero-order valence-electron chi connectivity index (χ0n) is 18.0. The quantitative estimate of drug-likeness (QED) is 0.566. The van der Waals surface area contributed by atoms with Crippen LogP contribution in [0.25, 0.3) is 0 Å². The number of benzene rings is 1. The molecule has 2 aromatic heterocycles. The molecule has 0 unspecified atom stereocenters. The highest BCUT2D eigenvalue weighted by atomic mass is 16.1. The van der Waals surface area contributed by atoms with Crippen molar-refractivity contribution in [2.24, 2.45) is 11.5 Å². The van der Waals surface area contributed by atoms with Crippen LogP contribution in [0.5, 0.6) is 0 Å². The standard InChI is InChI=1S/C23H29N7O/c1-16-3-6-18(7-4-16)27-22-20(21(25)31)14-30(28-22)23(15-24)9-11-29(12-10-23)19-8-5-17(2)26-13-19/h3-8,13-14H,9-12,15,24H2,1-2H3,(H2,25,31)(H,27,28). The second kappa shape index (κ2) is 8.39. The van der Waals surface area contributed by atoms with Crippen molar-refractivity contribution in [2.75, 3.05) is 29.9 Å². The van der Waals surface area contributed by atoms with Gasteiger partial charge in [-0.1, -0.05) is 17.7 Å². The van der Waals surface area contributed by atoms with E-state index in [9.17, 15) is 4.79 Å². The van der Waals surface area contributed by atoms with Crippen LogP contribution in [-0.2, 0) is 5.54 Å². The number of pyridine rings is 1. The first-order valence-corrected chi connectivity index (χ1v) is 10.5. The van der Waals surface area contributed by atoms with E-state index in [0.29, 0.717) is 17.9 Å². The van der Waals surface area contributed by atoms with E-state index in [1.807, 2.05) is 55.1 Å².